The molecule has 0 spiro atoms. The van der Waals surface area contributed by atoms with E-state index >= 15 is 0 Å². The molecule has 0 bridgehead atoms. The fraction of sp³-hybridized carbons (Fsp3) is 0.533. The van der Waals surface area contributed by atoms with Gasteiger partial charge in [-0.2, -0.15) is 4.31 Å². The minimum atomic E-state index is -3.63. The Morgan fingerprint density at radius 3 is 2.44 bits per heavy atom. The van der Waals surface area contributed by atoms with Gasteiger partial charge < -0.3 is 14.7 Å². The molecule has 10 heteroatoms. The average Bonchev–Trinajstić information content (AvgIpc) is 3.22. The van der Waals surface area contributed by atoms with E-state index in [9.17, 15) is 13.2 Å². The number of aromatic amines is 2. The maximum Gasteiger partial charge on any atom is 0.323 e. The Morgan fingerprint density at radius 1 is 1.12 bits per heavy atom. The van der Waals surface area contributed by atoms with Gasteiger partial charge in [-0.25, -0.2) is 13.2 Å². The summed E-state index contributed by atoms with van der Waals surface area (Å²) in [5, 5.41) is 0. The number of imidazole rings is 1. The van der Waals surface area contributed by atoms with Crippen molar-refractivity contribution in [3.8, 4) is 0 Å². The molecule has 2 aliphatic rings. The number of fused-ring (bicyclic) bond motifs is 1. The predicted octanol–water partition coefficient (Wildman–Crippen LogP) is 0.714. The maximum atomic E-state index is 13.0. The summed E-state index contributed by atoms with van der Waals surface area (Å²) in [6, 6.07) is 3.52. The van der Waals surface area contributed by atoms with Gasteiger partial charge in [0.25, 0.3) is 0 Å². The Kier molecular flexibility index (Phi) is 4.49. The number of ether oxygens (including phenoxy) is 1. The van der Waals surface area contributed by atoms with Crippen LogP contribution in [0.3, 0.4) is 0 Å². The van der Waals surface area contributed by atoms with Crippen LogP contribution in [-0.2, 0) is 14.8 Å². The number of rotatable bonds is 3. The quantitative estimate of drug-likeness (QED) is 0.746. The van der Waals surface area contributed by atoms with Crippen LogP contribution in [0.15, 0.2) is 26.3 Å². The molecule has 1 aromatic heterocycles. The molecule has 1 aromatic carbocycles. The van der Waals surface area contributed by atoms with Crippen molar-refractivity contribution in [2.45, 2.75) is 17.4 Å². The maximum absolute atomic E-state index is 13.0. The van der Waals surface area contributed by atoms with E-state index in [1.807, 2.05) is 0 Å². The Bertz CT molecular complexity index is 940. The number of hydrogen-bond acceptors (Lipinski definition) is 5. The fourth-order valence-corrected chi connectivity index (χ4v) is 5.94. The Hall–Kier alpha value is -1.20. The van der Waals surface area contributed by atoms with Gasteiger partial charge in [-0.3, -0.25) is 4.90 Å². The second-order valence-corrected chi connectivity index (χ2v) is 9.13. The van der Waals surface area contributed by atoms with Crippen molar-refractivity contribution in [1.82, 2.24) is 19.2 Å². The lowest BCUT2D eigenvalue weighted by molar-refractivity contribution is 0.113. The monoisotopic (exact) mass is 430 g/mol. The zero-order chi connectivity index (χ0) is 17.6. The van der Waals surface area contributed by atoms with Crippen LogP contribution < -0.4 is 5.69 Å². The highest BCUT2D eigenvalue weighted by molar-refractivity contribution is 9.10. The fourth-order valence-electron chi connectivity index (χ4n) is 3.49. The van der Waals surface area contributed by atoms with E-state index in [-0.39, 0.29) is 10.6 Å². The van der Waals surface area contributed by atoms with E-state index in [2.05, 4.69) is 30.8 Å². The first-order valence-corrected chi connectivity index (χ1v) is 10.4. The van der Waals surface area contributed by atoms with Gasteiger partial charge in [0.2, 0.25) is 10.0 Å². The van der Waals surface area contributed by atoms with E-state index in [1.165, 1.54) is 10.4 Å². The van der Waals surface area contributed by atoms with Gasteiger partial charge in [0, 0.05) is 43.3 Å². The molecule has 2 aliphatic heterocycles. The Balaban J connectivity index is 1.57. The molecule has 3 heterocycles. The minimum absolute atomic E-state index is 0.174. The number of benzene rings is 1. The molecular formula is C15H19BrN4O4S. The van der Waals surface area contributed by atoms with Crippen LogP contribution in [-0.4, -0.2) is 73.0 Å². The van der Waals surface area contributed by atoms with Gasteiger partial charge in [0.15, 0.2) is 0 Å². The lowest BCUT2D eigenvalue weighted by atomic mass is 10.2. The summed E-state index contributed by atoms with van der Waals surface area (Å²) in [5.74, 6) is 0. The summed E-state index contributed by atoms with van der Waals surface area (Å²) in [4.78, 5) is 19.1. The number of nitrogens with one attached hydrogen (secondary N) is 2. The summed E-state index contributed by atoms with van der Waals surface area (Å²) in [5.41, 5.74) is 0.694. The van der Waals surface area contributed by atoms with Crippen molar-refractivity contribution < 1.29 is 13.2 Å². The van der Waals surface area contributed by atoms with Gasteiger partial charge in [-0.15, -0.1) is 0 Å². The second kappa shape index (κ2) is 6.51. The third-order valence-electron chi connectivity index (χ3n) is 4.88. The van der Waals surface area contributed by atoms with E-state index in [4.69, 9.17) is 4.74 Å². The Morgan fingerprint density at radius 2 is 1.80 bits per heavy atom. The Labute approximate surface area is 153 Å². The summed E-state index contributed by atoms with van der Waals surface area (Å²) >= 11 is 3.33. The molecule has 25 heavy (non-hydrogen) atoms. The minimum Gasteiger partial charge on any atom is -0.380 e. The van der Waals surface area contributed by atoms with Crippen molar-refractivity contribution in [2.75, 3.05) is 39.4 Å². The van der Waals surface area contributed by atoms with Crippen LogP contribution in [0.2, 0.25) is 0 Å². The number of H-pyrrole nitrogens is 2. The number of sulfonamides is 1. The molecule has 0 aliphatic carbocycles. The molecule has 0 amide bonds. The summed E-state index contributed by atoms with van der Waals surface area (Å²) < 4.78 is 33.5. The van der Waals surface area contributed by atoms with Gasteiger partial charge in [-0.05, 0) is 34.5 Å². The van der Waals surface area contributed by atoms with Crippen LogP contribution >= 0.6 is 15.9 Å². The third-order valence-corrected chi connectivity index (χ3v) is 7.74. The number of piperazine rings is 1. The van der Waals surface area contributed by atoms with Gasteiger partial charge >= 0.3 is 5.69 Å². The van der Waals surface area contributed by atoms with Gasteiger partial charge in [0.1, 0.15) is 0 Å². The average molecular weight is 431 g/mol. The summed E-state index contributed by atoms with van der Waals surface area (Å²) in [6.07, 6.45) is 1.01. The van der Waals surface area contributed by atoms with Crippen LogP contribution in [0, 0.1) is 0 Å². The van der Waals surface area contributed by atoms with Crippen LogP contribution in [0.25, 0.3) is 11.0 Å². The molecule has 2 fully saturated rings. The molecule has 2 aromatic rings. The SMILES string of the molecule is O=c1[nH]c2cc(Br)c(S(=O)(=O)N3CCN(C4CCOC4)CC3)cc2[nH]1. The molecule has 4 rings (SSSR count). The van der Waals surface area contributed by atoms with Gasteiger partial charge in [0.05, 0.1) is 22.5 Å². The van der Waals surface area contributed by atoms with Crippen molar-refractivity contribution in [3.05, 3.63) is 27.1 Å². The first-order chi connectivity index (χ1) is 11.9. The number of hydrogen-bond donors (Lipinski definition) is 2. The van der Waals surface area contributed by atoms with Crippen LogP contribution in [0.4, 0.5) is 0 Å². The molecule has 0 radical (unpaired) electrons. The topological polar surface area (TPSA) is 98.5 Å². The van der Waals surface area contributed by atoms with E-state index < -0.39 is 10.0 Å². The van der Waals surface area contributed by atoms with E-state index in [1.54, 1.807) is 6.07 Å². The molecule has 8 nitrogen and oxygen atoms in total. The molecule has 136 valence electrons. The molecular weight excluding hydrogens is 412 g/mol. The normalized spacial score (nSPS) is 23.5. The van der Waals surface area contributed by atoms with Crippen molar-refractivity contribution >= 4 is 37.0 Å². The zero-order valence-corrected chi connectivity index (χ0v) is 15.9. The number of nitrogens with zero attached hydrogens (tertiary/aromatic N) is 2. The molecule has 2 N–H and O–H groups in total. The second-order valence-electron chi connectivity index (χ2n) is 6.36. The lowest BCUT2D eigenvalue weighted by Gasteiger charge is -2.36. The largest absolute Gasteiger partial charge is 0.380 e. The van der Waals surface area contributed by atoms with Crippen LogP contribution in [0.5, 0.6) is 0 Å². The number of aromatic nitrogens is 2. The standard InChI is InChI=1S/C15H19BrN4O4S/c16-11-7-12-13(18-15(21)17-12)8-14(11)25(22,23)20-4-2-19(3-5-20)10-1-6-24-9-10/h7-8,10H,1-6,9H2,(H2,17,18,21). The lowest BCUT2D eigenvalue weighted by Crippen LogP contribution is -2.52. The summed E-state index contributed by atoms with van der Waals surface area (Å²) in [7, 11) is -3.63. The van der Waals surface area contributed by atoms with E-state index in [0.717, 1.165) is 19.6 Å². The molecule has 1 unspecified atom stereocenters. The van der Waals surface area contributed by atoms with Crippen LogP contribution in [0.1, 0.15) is 6.42 Å². The van der Waals surface area contributed by atoms with Gasteiger partial charge in [-0.1, -0.05) is 0 Å². The molecule has 2 saturated heterocycles. The zero-order valence-electron chi connectivity index (χ0n) is 13.5. The highest BCUT2D eigenvalue weighted by atomic mass is 79.9. The summed E-state index contributed by atoms with van der Waals surface area (Å²) in [6.45, 7) is 3.82. The van der Waals surface area contributed by atoms with Crippen molar-refractivity contribution in [3.63, 3.8) is 0 Å². The first-order valence-electron chi connectivity index (χ1n) is 8.18. The third kappa shape index (κ3) is 3.17. The van der Waals surface area contributed by atoms with Crippen molar-refractivity contribution in [1.29, 1.82) is 0 Å². The first kappa shape index (κ1) is 17.2. The number of halogens is 1. The highest BCUT2D eigenvalue weighted by Crippen LogP contribution is 2.29. The smallest absolute Gasteiger partial charge is 0.323 e. The van der Waals surface area contributed by atoms with E-state index in [0.29, 0.717) is 47.7 Å². The predicted molar refractivity (Wildman–Crippen MR) is 96.2 cm³/mol. The highest BCUT2D eigenvalue weighted by Gasteiger charge is 2.33. The molecule has 0 saturated carbocycles. The van der Waals surface area contributed by atoms with Crippen molar-refractivity contribution in [2.24, 2.45) is 0 Å². The molecule has 1 atom stereocenters.